The van der Waals surface area contributed by atoms with Gasteiger partial charge < -0.3 is 10.6 Å². The lowest BCUT2D eigenvalue weighted by atomic mass is 10.1. The summed E-state index contributed by atoms with van der Waals surface area (Å²) < 4.78 is 27.3. The fraction of sp³-hybridized carbons (Fsp3) is 0.462. The SMILES string of the molecule is CN1CC(NS(=O)(=O)c2ccc(CN)c(Cl)c2)CCC1=O. The molecule has 0 bridgehead atoms. The Morgan fingerprint density at radius 1 is 1.48 bits per heavy atom. The molecular formula is C13H18ClN3O3S. The van der Waals surface area contributed by atoms with Crippen LogP contribution in [-0.2, 0) is 21.4 Å². The van der Waals surface area contributed by atoms with Crippen molar-refractivity contribution in [2.45, 2.75) is 30.3 Å². The van der Waals surface area contributed by atoms with Crippen molar-refractivity contribution in [2.75, 3.05) is 13.6 Å². The van der Waals surface area contributed by atoms with Gasteiger partial charge in [0.2, 0.25) is 15.9 Å². The number of halogens is 1. The number of hydrogen-bond donors (Lipinski definition) is 2. The van der Waals surface area contributed by atoms with Crippen LogP contribution in [-0.4, -0.2) is 38.9 Å². The molecule has 1 amide bonds. The van der Waals surface area contributed by atoms with E-state index in [0.29, 0.717) is 30.0 Å². The first-order valence-electron chi connectivity index (χ1n) is 6.58. The number of likely N-dealkylation sites (tertiary alicyclic amines) is 1. The predicted molar refractivity (Wildman–Crippen MR) is 80.3 cm³/mol. The van der Waals surface area contributed by atoms with Crippen LogP contribution in [0, 0.1) is 0 Å². The minimum atomic E-state index is -3.66. The van der Waals surface area contributed by atoms with Crippen LogP contribution in [0.5, 0.6) is 0 Å². The lowest BCUT2D eigenvalue weighted by Crippen LogP contribution is -2.48. The number of likely N-dealkylation sites (N-methyl/N-ethyl adjacent to an activating group) is 1. The number of benzene rings is 1. The van der Waals surface area contributed by atoms with E-state index in [1.807, 2.05) is 0 Å². The van der Waals surface area contributed by atoms with Gasteiger partial charge in [0.25, 0.3) is 0 Å². The fourth-order valence-electron chi connectivity index (χ4n) is 2.26. The number of nitrogens with two attached hydrogens (primary N) is 1. The summed E-state index contributed by atoms with van der Waals surface area (Å²) in [5.74, 6) is 0.0285. The van der Waals surface area contributed by atoms with Gasteiger partial charge in [0, 0.05) is 37.6 Å². The van der Waals surface area contributed by atoms with Crippen molar-refractivity contribution in [3.63, 3.8) is 0 Å². The fourth-order valence-corrected chi connectivity index (χ4v) is 3.87. The number of hydrogen-bond acceptors (Lipinski definition) is 4. The molecule has 0 saturated carbocycles. The molecule has 2 rings (SSSR count). The maximum atomic E-state index is 12.3. The third-order valence-corrected chi connectivity index (χ3v) is 5.37. The molecule has 0 aliphatic carbocycles. The molecule has 1 fully saturated rings. The monoisotopic (exact) mass is 331 g/mol. The van der Waals surface area contributed by atoms with Crippen LogP contribution in [0.4, 0.5) is 0 Å². The van der Waals surface area contributed by atoms with Crippen molar-refractivity contribution in [2.24, 2.45) is 5.73 Å². The van der Waals surface area contributed by atoms with Gasteiger partial charge in [-0.2, -0.15) is 0 Å². The summed E-state index contributed by atoms with van der Waals surface area (Å²) in [6, 6.07) is 4.19. The third kappa shape index (κ3) is 3.74. The number of amides is 1. The maximum absolute atomic E-state index is 12.3. The molecule has 1 atom stereocenters. The van der Waals surface area contributed by atoms with Crippen molar-refractivity contribution >= 4 is 27.5 Å². The van der Waals surface area contributed by atoms with Gasteiger partial charge in [-0.3, -0.25) is 4.79 Å². The topological polar surface area (TPSA) is 92.5 Å². The molecule has 0 spiro atoms. The minimum absolute atomic E-state index is 0.0285. The van der Waals surface area contributed by atoms with Crippen LogP contribution >= 0.6 is 11.6 Å². The molecular weight excluding hydrogens is 314 g/mol. The van der Waals surface area contributed by atoms with E-state index in [9.17, 15) is 13.2 Å². The van der Waals surface area contributed by atoms with Crippen LogP contribution in [0.1, 0.15) is 18.4 Å². The first kappa shape index (κ1) is 16.2. The number of sulfonamides is 1. The van der Waals surface area contributed by atoms with E-state index in [1.54, 1.807) is 13.1 Å². The number of piperidine rings is 1. The molecule has 1 aromatic carbocycles. The number of carbonyl (C=O) groups excluding carboxylic acids is 1. The zero-order chi connectivity index (χ0) is 15.6. The predicted octanol–water partition coefficient (Wildman–Crippen LogP) is 0.698. The lowest BCUT2D eigenvalue weighted by Gasteiger charge is -2.29. The normalized spacial score (nSPS) is 19.9. The zero-order valence-corrected chi connectivity index (χ0v) is 13.2. The highest BCUT2D eigenvalue weighted by Gasteiger charge is 2.27. The molecule has 1 heterocycles. The van der Waals surface area contributed by atoms with Crippen molar-refractivity contribution in [1.82, 2.24) is 9.62 Å². The van der Waals surface area contributed by atoms with Gasteiger partial charge in [0.1, 0.15) is 0 Å². The van der Waals surface area contributed by atoms with Crippen molar-refractivity contribution in [3.05, 3.63) is 28.8 Å². The third-order valence-electron chi connectivity index (χ3n) is 3.50. The van der Waals surface area contributed by atoms with Gasteiger partial charge in [0.05, 0.1) is 4.90 Å². The second kappa shape index (κ2) is 6.31. The Kier molecular flexibility index (Phi) is 4.88. The molecule has 21 heavy (non-hydrogen) atoms. The summed E-state index contributed by atoms with van der Waals surface area (Å²) in [7, 11) is -2.00. The summed E-state index contributed by atoms with van der Waals surface area (Å²) in [6.45, 7) is 0.620. The van der Waals surface area contributed by atoms with E-state index in [2.05, 4.69) is 4.72 Å². The molecule has 8 heteroatoms. The van der Waals surface area contributed by atoms with Crippen molar-refractivity contribution < 1.29 is 13.2 Å². The lowest BCUT2D eigenvalue weighted by molar-refractivity contribution is -0.132. The first-order chi connectivity index (χ1) is 9.83. The molecule has 116 valence electrons. The summed E-state index contributed by atoms with van der Waals surface area (Å²) in [4.78, 5) is 13.0. The highest BCUT2D eigenvalue weighted by Crippen LogP contribution is 2.21. The number of carbonyl (C=O) groups is 1. The first-order valence-corrected chi connectivity index (χ1v) is 8.44. The van der Waals surface area contributed by atoms with Gasteiger partial charge in [-0.15, -0.1) is 0 Å². The van der Waals surface area contributed by atoms with E-state index < -0.39 is 10.0 Å². The minimum Gasteiger partial charge on any atom is -0.344 e. The molecule has 1 aliphatic rings. The van der Waals surface area contributed by atoms with Crippen LogP contribution in [0.25, 0.3) is 0 Å². The molecule has 3 N–H and O–H groups in total. The van der Waals surface area contributed by atoms with E-state index in [4.69, 9.17) is 17.3 Å². The van der Waals surface area contributed by atoms with Gasteiger partial charge >= 0.3 is 0 Å². The largest absolute Gasteiger partial charge is 0.344 e. The van der Waals surface area contributed by atoms with E-state index >= 15 is 0 Å². The van der Waals surface area contributed by atoms with Crippen molar-refractivity contribution in [3.8, 4) is 0 Å². The second-order valence-electron chi connectivity index (χ2n) is 5.09. The number of rotatable bonds is 4. The number of nitrogens with one attached hydrogen (secondary N) is 1. The Hall–Kier alpha value is -1.15. The molecule has 1 unspecified atom stereocenters. The van der Waals surface area contributed by atoms with Crippen molar-refractivity contribution in [1.29, 1.82) is 0 Å². The van der Waals surface area contributed by atoms with E-state index in [-0.39, 0.29) is 23.4 Å². The summed E-state index contributed by atoms with van der Waals surface area (Å²) >= 11 is 6.00. The summed E-state index contributed by atoms with van der Waals surface area (Å²) in [6.07, 6.45) is 0.841. The second-order valence-corrected chi connectivity index (χ2v) is 7.21. The molecule has 6 nitrogen and oxygen atoms in total. The highest BCUT2D eigenvalue weighted by atomic mass is 35.5. The van der Waals surface area contributed by atoms with Crippen LogP contribution < -0.4 is 10.5 Å². The quantitative estimate of drug-likeness (QED) is 0.849. The zero-order valence-electron chi connectivity index (χ0n) is 11.7. The molecule has 1 aromatic rings. The maximum Gasteiger partial charge on any atom is 0.240 e. The summed E-state index contributed by atoms with van der Waals surface area (Å²) in [5.41, 5.74) is 6.19. The van der Waals surface area contributed by atoms with Crippen LogP contribution in [0.2, 0.25) is 5.02 Å². The average Bonchev–Trinajstić information content (AvgIpc) is 2.42. The Morgan fingerprint density at radius 3 is 2.76 bits per heavy atom. The highest BCUT2D eigenvalue weighted by molar-refractivity contribution is 7.89. The van der Waals surface area contributed by atoms with Gasteiger partial charge in [-0.05, 0) is 24.1 Å². The van der Waals surface area contributed by atoms with E-state index in [0.717, 1.165) is 0 Å². The molecule has 0 radical (unpaired) electrons. The van der Waals surface area contributed by atoms with Gasteiger partial charge in [-0.25, -0.2) is 13.1 Å². The molecule has 0 aromatic heterocycles. The molecule has 1 aliphatic heterocycles. The Bertz CT molecular complexity index is 648. The Labute approximate surface area is 129 Å². The number of nitrogens with zero attached hydrogens (tertiary/aromatic N) is 1. The van der Waals surface area contributed by atoms with Gasteiger partial charge in [0.15, 0.2) is 0 Å². The summed E-state index contributed by atoms with van der Waals surface area (Å²) in [5, 5.41) is 0.330. The van der Waals surface area contributed by atoms with E-state index in [1.165, 1.54) is 17.0 Å². The Balaban J connectivity index is 2.15. The van der Waals surface area contributed by atoms with Crippen LogP contribution in [0.3, 0.4) is 0 Å². The average molecular weight is 332 g/mol. The smallest absolute Gasteiger partial charge is 0.240 e. The standard InChI is InChI=1S/C13H18ClN3O3S/c1-17-8-10(3-5-13(17)18)16-21(19,20)11-4-2-9(7-15)12(14)6-11/h2,4,6,10,16H,3,5,7-8,15H2,1H3. The molecule has 1 saturated heterocycles. The van der Waals surface area contributed by atoms with Crippen LogP contribution in [0.15, 0.2) is 23.1 Å². The Morgan fingerprint density at radius 2 is 2.19 bits per heavy atom. The van der Waals surface area contributed by atoms with Gasteiger partial charge in [-0.1, -0.05) is 17.7 Å².